The number of nitrogens with two attached hydrogens (primary N) is 2. The normalized spacial score (nSPS) is 17.1. The SMILES string of the molecule is CC[C@H](C)[C@H](NC(=O)[C@H](CO)NC(=O)CNC(=O)CNC(=O)[C@@H](N)CS)C(=O)N[C@@H](CCCCN)C(=O)N[C@H](C(=O)N1CCC[C@H]1C(=O)N[C@@H](CO)C(=O)N[C@@H](CO)C(=O)N[C@@H](Cc1cnc[nH]1)C(=O)O)[C@@H](C)CC. The van der Waals surface area contributed by atoms with Crippen molar-refractivity contribution < 1.29 is 73.2 Å². The van der Waals surface area contributed by atoms with Gasteiger partial charge in [0.2, 0.25) is 59.1 Å². The van der Waals surface area contributed by atoms with Crippen molar-refractivity contribution in [1.29, 1.82) is 0 Å². The first-order valence-electron chi connectivity index (χ1n) is 24.7. The van der Waals surface area contributed by atoms with E-state index < -0.39 is 164 Å². The summed E-state index contributed by atoms with van der Waals surface area (Å²) in [6.45, 7) is 3.08. The number of thiol groups is 1. The highest BCUT2D eigenvalue weighted by Gasteiger charge is 2.42. The molecule has 1 aliphatic rings. The van der Waals surface area contributed by atoms with Crippen LogP contribution < -0.4 is 59.3 Å². The Balaban J connectivity index is 2.21. The highest BCUT2D eigenvalue weighted by atomic mass is 32.1. The van der Waals surface area contributed by atoms with E-state index in [1.54, 1.807) is 27.7 Å². The second-order valence-corrected chi connectivity index (χ2v) is 18.4. The molecule has 2 heterocycles. The molecule has 0 saturated carbocycles. The number of amides is 10. The minimum Gasteiger partial charge on any atom is -0.480 e. The molecule has 0 bridgehead atoms. The quantitative estimate of drug-likeness (QED) is 0.0225. The molecule has 0 spiro atoms. The molecule has 2 rings (SSSR count). The largest absolute Gasteiger partial charge is 0.480 e. The molecular formula is C45H76N14O15S. The van der Waals surface area contributed by atoms with Crippen molar-refractivity contribution in [3.8, 4) is 0 Å². The molecule has 30 heteroatoms. The minimum absolute atomic E-state index is 0.0267. The van der Waals surface area contributed by atoms with Crippen LogP contribution in [-0.4, -0.2) is 206 Å². The van der Waals surface area contributed by atoms with E-state index in [1.165, 1.54) is 17.4 Å². The second-order valence-electron chi connectivity index (χ2n) is 18.0. The van der Waals surface area contributed by atoms with Gasteiger partial charge >= 0.3 is 5.97 Å². The number of hydrogen-bond acceptors (Lipinski definition) is 18. The molecule has 0 aromatic carbocycles. The maximum Gasteiger partial charge on any atom is 0.326 e. The zero-order valence-corrected chi connectivity index (χ0v) is 43.5. The van der Waals surface area contributed by atoms with Crippen LogP contribution in [0.4, 0.5) is 0 Å². The van der Waals surface area contributed by atoms with Crippen LogP contribution in [0.1, 0.15) is 78.3 Å². The average molecular weight is 1090 g/mol. The van der Waals surface area contributed by atoms with Gasteiger partial charge in [-0.25, -0.2) is 9.78 Å². The molecule has 1 aromatic heterocycles. The highest BCUT2D eigenvalue weighted by Crippen LogP contribution is 2.22. The first-order chi connectivity index (χ1) is 35.6. The van der Waals surface area contributed by atoms with Gasteiger partial charge < -0.3 is 89.6 Å². The molecule has 11 atom stereocenters. The van der Waals surface area contributed by atoms with E-state index in [0.717, 1.165) is 0 Å². The number of carbonyl (C=O) groups is 11. The van der Waals surface area contributed by atoms with Crippen LogP contribution >= 0.6 is 12.6 Å². The van der Waals surface area contributed by atoms with Gasteiger partial charge in [-0.05, 0) is 50.5 Å². The predicted octanol–water partition coefficient (Wildman–Crippen LogP) is -6.89. The van der Waals surface area contributed by atoms with E-state index in [9.17, 15) is 73.2 Å². The fraction of sp³-hybridized carbons (Fsp3) is 0.689. The maximum atomic E-state index is 14.4. The van der Waals surface area contributed by atoms with Crippen molar-refractivity contribution in [3.05, 3.63) is 18.2 Å². The van der Waals surface area contributed by atoms with Crippen LogP contribution in [0.15, 0.2) is 12.5 Å². The van der Waals surface area contributed by atoms with E-state index in [2.05, 4.69) is 70.4 Å². The number of carbonyl (C=O) groups excluding carboxylic acids is 10. The fourth-order valence-electron chi connectivity index (χ4n) is 7.48. The molecule has 29 nitrogen and oxygen atoms in total. The summed E-state index contributed by atoms with van der Waals surface area (Å²) in [5.41, 5.74) is 11.6. The number of aliphatic carboxylic acids is 1. The molecule has 0 unspecified atom stereocenters. The van der Waals surface area contributed by atoms with Crippen molar-refractivity contribution in [1.82, 2.24) is 62.7 Å². The lowest BCUT2D eigenvalue weighted by Gasteiger charge is -2.33. The first-order valence-corrected chi connectivity index (χ1v) is 25.3. The summed E-state index contributed by atoms with van der Waals surface area (Å²) in [5.74, 6) is -11.1. The first kappa shape index (κ1) is 64.6. The summed E-state index contributed by atoms with van der Waals surface area (Å²) in [4.78, 5) is 152. The molecule has 75 heavy (non-hydrogen) atoms. The Hall–Kier alpha value is -6.47. The predicted molar refractivity (Wildman–Crippen MR) is 269 cm³/mol. The van der Waals surface area contributed by atoms with Crippen LogP contribution in [0, 0.1) is 11.8 Å². The molecule has 18 N–H and O–H groups in total. The zero-order chi connectivity index (χ0) is 56.4. The lowest BCUT2D eigenvalue weighted by Crippen LogP contribution is -2.62. The topological polar surface area (TPSA) is 461 Å². The average Bonchev–Trinajstić information content (AvgIpc) is 4.12. The number of likely N-dealkylation sites (tertiary alicyclic amines) is 1. The van der Waals surface area contributed by atoms with Crippen molar-refractivity contribution in [3.63, 3.8) is 0 Å². The Morgan fingerprint density at radius 1 is 0.707 bits per heavy atom. The highest BCUT2D eigenvalue weighted by molar-refractivity contribution is 7.80. The second kappa shape index (κ2) is 33.4. The van der Waals surface area contributed by atoms with Crippen molar-refractivity contribution >= 4 is 77.7 Å². The standard InChI is InChI=1S/C45H76N14O15S/c1-5-23(3)35(57-41(69)29(18-60)52-34(64)17-49-33(63)16-50-37(65)26(47)21-75)43(71)53-27(10-7-8-12-46)38(66)58-36(24(4)6-2)44(72)59-13-9-11-32(59)42(70)56-31(20-62)40(68)55-30(19-61)39(67)54-28(45(73)74)14-25-15-48-22-51-25/h15,22-24,26-32,35-36,60-62,75H,5-14,16-21,46-47H2,1-4H3,(H,48,51)(H,49,63)(H,50,65)(H,52,64)(H,53,71)(H,54,67)(H,55,68)(H,56,70)(H,57,69)(H,58,66)(H,73,74)/t23-,24-,26-,27-,28-,29-,30-,31-,32-,35-,36-/m0/s1. The number of hydrogen-bond donors (Lipinski definition) is 17. The molecule has 0 aliphatic carbocycles. The number of rotatable bonds is 34. The molecule has 1 aliphatic heterocycles. The maximum absolute atomic E-state index is 14.4. The Kier molecular flexibility index (Phi) is 28.8. The van der Waals surface area contributed by atoms with E-state index in [0.29, 0.717) is 37.8 Å². The monoisotopic (exact) mass is 1080 g/mol. The number of aliphatic hydroxyl groups excluding tert-OH is 3. The van der Waals surface area contributed by atoms with E-state index in [4.69, 9.17) is 11.5 Å². The summed E-state index contributed by atoms with van der Waals surface area (Å²) in [6, 6.07) is -12.5. The summed E-state index contributed by atoms with van der Waals surface area (Å²) < 4.78 is 0. The van der Waals surface area contributed by atoms with Gasteiger partial charge in [-0.15, -0.1) is 0 Å². The molecule has 422 valence electrons. The Bertz CT molecular complexity index is 2090. The van der Waals surface area contributed by atoms with E-state index >= 15 is 0 Å². The Morgan fingerprint density at radius 3 is 1.80 bits per heavy atom. The molecular weight excluding hydrogens is 1010 g/mol. The van der Waals surface area contributed by atoms with Gasteiger partial charge in [-0.3, -0.25) is 47.9 Å². The molecule has 1 fully saturated rings. The van der Waals surface area contributed by atoms with Gasteiger partial charge in [0.05, 0.1) is 45.3 Å². The van der Waals surface area contributed by atoms with Crippen LogP contribution in [0.5, 0.6) is 0 Å². The number of H-pyrrole nitrogens is 1. The van der Waals surface area contributed by atoms with Crippen LogP contribution in [0.2, 0.25) is 0 Å². The van der Waals surface area contributed by atoms with Crippen molar-refractivity contribution in [2.75, 3.05) is 51.8 Å². The smallest absolute Gasteiger partial charge is 0.326 e. The van der Waals surface area contributed by atoms with Crippen molar-refractivity contribution in [2.45, 2.75) is 133 Å². The lowest BCUT2D eigenvalue weighted by atomic mass is 9.95. The molecule has 10 amide bonds. The van der Waals surface area contributed by atoms with Gasteiger partial charge in [0.15, 0.2) is 0 Å². The number of carboxylic acid groups (broad SMARTS) is 1. The lowest BCUT2D eigenvalue weighted by molar-refractivity contribution is -0.144. The summed E-state index contributed by atoms with van der Waals surface area (Å²) in [5, 5.41) is 61.2. The molecule has 0 radical (unpaired) electrons. The van der Waals surface area contributed by atoms with Crippen LogP contribution in [-0.2, 0) is 59.2 Å². The Labute approximate surface area is 439 Å². The van der Waals surface area contributed by atoms with Crippen molar-refractivity contribution in [2.24, 2.45) is 23.3 Å². The summed E-state index contributed by atoms with van der Waals surface area (Å²) >= 11 is 3.90. The van der Waals surface area contributed by atoms with Crippen LogP contribution in [0.3, 0.4) is 0 Å². The Morgan fingerprint density at radius 2 is 1.24 bits per heavy atom. The number of nitrogens with one attached hydrogen (secondary N) is 10. The van der Waals surface area contributed by atoms with E-state index in [1.807, 2.05) is 0 Å². The van der Waals surface area contributed by atoms with Gasteiger partial charge in [0.25, 0.3) is 0 Å². The third-order valence-electron chi connectivity index (χ3n) is 12.5. The number of aliphatic hydroxyl groups is 3. The minimum atomic E-state index is -1.70. The third kappa shape index (κ3) is 21.0. The number of aromatic amines is 1. The van der Waals surface area contributed by atoms with Gasteiger partial charge in [-0.1, -0.05) is 40.5 Å². The van der Waals surface area contributed by atoms with Gasteiger partial charge in [-0.2, -0.15) is 12.6 Å². The zero-order valence-electron chi connectivity index (χ0n) is 42.6. The number of nitrogens with zero attached hydrogens (tertiary/aromatic N) is 2. The number of carboxylic acids is 1. The number of imidazole rings is 1. The fourth-order valence-corrected chi connectivity index (χ4v) is 7.64. The van der Waals surface area contributed by atoms with Crippen LogP contribution in [0.25, 0.3) is 0 Å². The third-order valence-corrected chi connectivity index (χ3v) is 12.8. The molecule has 1 aromatic rings. The van der Waals surface area contributed by atoms with Gasteiger partial charge in [0, 0.05) is 30.6 Å². The number of unbranched alkanes of at least 4 members (excludes halogenated alkanes) is 1. The summed E-state index contributed by atoms with van der Waals surface area (Å²) in [6.07, 6.45) is 4.39. The van der Waals surface area contributed by atoms with E-state index in [-0.39, 0.29) is 38.1 Å². The number of aromatic nitrogens is 2. The summed E-state index contributed by atoms with van der Waals surface area (Å²) in [7, 11) is 0. The van der Waals surface area contributed by atoms with Gasteiger partial charge in [0.1, 0.15) is 48.3 Å². The molecule has 1 saturated heterocycles.